The number of pyridine rings is 1. The Morgan fingerprint density at radius 2 is 2.00 bits per heavy atom. The van der Waals surface area contributed by atoms with E-state index in [2.05, 4.69) is 4.98 Å². The molecular formula is C21H21N3O7. The number of hydrogen-bond acceptors (Lipinski definition) is 8. The van der Waals surface area contributed by atoms with Crippen LogP contribution in [0.15, 0.2) is 36.5 Å². The molecule has 2 amide bonds. The van der Waals surface area contributed by atoms with E-state index in [0.717, 1.165) is 11.1 Å². The first kappa shape index (κ1) is 19.6. The van der Waals surface area contributed by atoms with Crippen LogP contribution in [-0.4, -0.2) is 74.0 Å². The Morgan fingerprint density at radius 3 is 2.74 bits per heavy atom. The molecule has 10 nitrogen and oxygen atoms in total. The Kier molecular flexibility index (Phi) is 4.87. The van der Waals surface area contributed by atoms with Crippen LogP contribution in [0.3, 0.4) is 0 Å². The van der Waals surface area contributed by atoms with Gasteiger partial charge in [0.05, 0.1) is 25.4 Å². The standard InChI is InChI=1S/C21H21N3O7/c1-28-10-14-8-23(20(26)30-14)19-5-3-13(7-22-19)12-2-4-15-17(6-12)29-11-16-18(9-25)31-21(27)24(15)16/h2-7,14,16,18,25H,8-11H2,1H3. The highest BCUT2D eigenvalue weighted by Gasteiger charge is 2.46. The van der Waals surface area contributed by atoms with Crippen LogP contribution in [0, 0.1) is 0 Å². The molecule has 1 aromatic heterocycles. The number of aliphatic hydroxyl groups excluding tert-OH is 1. The molecule has 2 fully saturated rings. The topological polar surface area (TPSA) is 111 Å². The van der Waals surface area contributed by atoms with Gasteiger partial charge in [-0.25, -0.2) is 14.6 Å². The van der Waals surface area contributed by atoms with Crippen molar-refractivity contribution in [1.82, 2.24) is 4.98 Å². The highest BCUT2D eigenvalue weighted by molar-refractivity contribution is 5.94. The molecule has 0 radical (unpaired) electrons. The van der Waals surface area contributed by atoms with E-state index in [1.165, 1.54) is 9.80 Å². The van der Waals surface area contributed by atoms with Gasteiger partial charge in [-0.3, -0.25) is 9.80 Å². The molecule has 3 unspecified atom stereocenters. The Bertz CT molecular complexity index is 1010. The summed E-state index contributed by atoms with van der Waals surface area (Å²) >= 11 is 0. The van der Waals surface area contributed by atoms with E-state index in [4.69, 9.17) is 18.9 Å². The van der Waals surface area contributed by atoms with Crippen LogP contribution >= 0.6 is 0 Å². The third kappa shape index (κ3) is 3.33. The Labute approximate surface area is 177 Å². The number of ether oxygens (including phenoxy) is 4. The van der Waals surface area contributed by atoms with E-state index in [1.807, 2.05) is 18.2 Å². The number of anilines is 2. The number of carbonyl (C=O) groups is 2. The Morgan fingerprint density at radius 1 is 1.16 bits per heavy atom. The van der Waals surface area contributed by atoms with Crippen molar-refractivity contribution in [3.05, 3.63) is 36.5 Å². The molecule has 3 atom stereocenters. The van der Waals surface area contributed by atoms with Crippen LogP contribution in [0.2, 0.25) is 0 Å². The zero-order chi connectivity index (χ0) is 21.5. The summed E-state index contributed by atoms with van der Waals surface area (Å²) in [4.78, 5) is 31.7. The van der Waals surface area contributed by atoms with Crippen LogP contribution in [0.4, 0.5) is 21.1 Å². The first-order chi connectivity index (χ1) is 15.1. The van der Waals surface area contributed by atoms with Crippen molar-refractivity contribution in [2.24, 2.45) is 0 Å². The van der Waals surface area contributed by atoms with Gasteiger partial charge in [-0.05, 0) is 29.8 Å². The van der Waals surface area contributed by atoms with Gasteiger partial charge in [-0.15, -0.1) is 0 Å². The minimum Gasteiger partial charge on any atom is -0.489 e. The second-order valence-corrected chi connectivity index (χ2v) is 7.51. The maximum absolute atomic E-state index is 12.2. The summed E-state index contributed by atoms with van der Waals surface area (Å²) in [5.41, 5.74) is 2.29. The second kappa shape index (κ2) is 7.71. The number of amides is 2. The number of benzene rings is 1. The number of rotatable bonds is 5. The van der Waals surface area contributed by atoms with Crippen molar-refractivity contribution in [3.8, 4) is 16.9 Å². The van der Waals surface area contributed by atoms with Crippen molar-refractivity contribution in [2.75, 3.05) is 43.3 Å². The highest BCUT2D eigenvalue weighted by Crippen LogP contribution is 2.41. The lowest BCUT2D eigenvalue weighted by Gasteiger charge is -2.31. The molecule has 5 rings (SSSR count). The number of cyclic esters (lactones) is 2. The lowest BCUT2D eigenvalue weighted by Crippen LogP contribution is -2.45. The predicted molar refractivity (Wildman–Crippen MR) is 108 cm³/mol. The zero-order valence-electron chi connectivity index (χ0n) is 16.8. The van der Waals surface area contributed by atoms with Gasteiger partial charge >= 0.3 is 12.2 Å². The third-order valence-electron chi connectivity index (χ3n) is 5.60. The summed E-state index contributed by atoms with van der Waals surface area (Å²) in [5, 5.41) is 9.42. The third-order valence-corrected chi connectivity index (χ3v) is 5.60. The lowest BCUT2D eigenvalue weighted by atomic mass is 10.0. The van der Waals surface area contributed by atoms with E-state index in [9.17, 15) is 14.7 Å². The first-order valence-electron chi connectivity index (χ1n) is 9.90. The summed E-state index contributed by atoms with van der Waals surface area (Å²) in [5.74, 6) is 1.05. The van der Waals surface area contributed by atoms with Crippen molar-refractivity contribution in [1.29, 1.82) is 0 Å². The molecule has 3 aliphatic rings. The quantitative estimate of drug-likeness (QED) is 0.769. The molecule has 0 spiro atoms. The summed E-state index contributed by atoms with van der Waals surface area (Å²) in [6.07, 6.45) is -0.179. The molecule has 3 aliphatic heterocycles. The summed E-state index contributed by atoms with van der Waals surface area (Å²) < 4.78 is 21.4. The van der Waals surface area contributed by atoms with Crippen LogP contribution < -0.4 is 14.5 Å². The van der Waals surface area contributed by atoms with Gasteiger partial charge in [0.2, 0.25) is 0 Å². The molecule has 162 valence electrons. The molecule has 1 N–H and O–H groups in total. The molecule has 4 heterocycles. The molecule has 2 saturated heterocycles. The van der Waals surface area contributed by atoms with Gasteiger partial charge in [0.1, 0.15) is 30.3 Å². The average molecular weight is 427 g/mol. The number of carbonyl (C=O) groups excluding carboxylic acids is 2. The fourth-order valence-corrected chi connectivity index (χ4v) is 4.07. The van der Waals surface area contributed by atoms with E-state index >= 15 is 0 Å². The molecule has 0 saturated carbocycles. The van der Waals surface area contributed by atoms with Crippen LogP contribution in [0.5, 0.6) is 5.75 Å². The fraction of sp³-hybridized carbons (Fsp3) is 0.381. The molecule has 2 aromatic rings. The number of nitrogens with zero attached hydrogens (tertiary/aromatic N) is 3. The van der Waals surface area contributed by atoms with Gasteiger partial charge in [0, 0.05) is 18.9 Å². The monoisotopic (exact) mass is 427 g/mol. The number of aromatic nitrogens is 1. The smallest absolute Gasteiger partial charge is 0.416 e. The van der Waals surface area contributed by atoms with Crippen molar-refractivity contribution < 1.29 is 33.6 Å². The number of aliphatic hydroxyl groups is 1. The van der Waals surface area contributed by atoms with Gasteiger partial charge in [-0.2, -0.15) is 0 Å². The summed E-state index contributed by atoms with van der Waals surface area (Å²) in [6, 6.07) is 8.75. The van der Waals surface area contributed by atoms with E-state index in [1.54, 1.807) is 25.4 Å². The van der Waals surface area contributed by atoms with Gasteiger partial charge < -0.3 is 24.1 Å². The minimum atomic E-state index is -0.599. The molecule has 0 aliphatic carbocycles. The first-order valence-corrected chi connectivity index (χ1v) is 9.90. The van der Waals surface area contributed by atoms with Crippen molar-refractivity contribution in [2.45, 2.75) is 18.2 Å². The summed E-state index contributed by atoms with van der Waals surface area (Å²) in [6.45, 7) is 0.705. The van der Waals surface area contributed by atoms with Crippen LogP contribution in [0.25, 0.3) is 11.1 Å². The molecule has 31 heavy (non-hydrogen) atoms. The van der Waals surface area contributed by atoms with Gasteiger partial charge in [-0.1, -0.05) is 6.07 Å². The van der Waals surface area contributed by atoms with E-state index in [-0.39, 0.29) is 25.4 Å². The second-order valence-electron chi connectivity index (χ2n) is 7.51. The zero-order valence-corrected chi connectivity index (χ0v) is 16.8. The molecule has 0 bridgehead atoms. The fourth-order valence-electron chi connectivity index (χ4n) is 4.07. The van der Waals surface area contributed by atoms with Crippen LogP contribution in [-0.2, 0) is 14.2 Å². The molecule has 1 aromatic carbocycles. The predicted octanol–water partition coefficient (Wildman–Crippen LogP) is 1.80. The highest BCUT2D eigenvalue weighted by atomic mass is 16.6. The Balaban J connectivity index is 1.36. The van der Waals surface area contributed by atoms with E-state index in [0.29, 0.717) is 30.4 Å². The maximum Gasteiger partial charge on any atom is 0.416 e. The van der Waals surface area contributed by atoms with Crippen molar-refractivity contribution in [3.63, 3.8) is 0 Å². The minimum absolute atomic E-state index is 0.240. The number of methoxy groups -OCH3 is 1. The number of fused-ring (bicyclic) bond motifs is 3. The largest absolute Gasteiger partial charge is 0.489 e. The molecule has 10 heteroatoms. The summed E-state index contributed by atoms with van der Waals surface area (Å²) in [7, 11) is 1.56. The number of hydrogen-bond donors (Lipinski definition) is 1. The normalized spacial score (nSPS) is 24.4. The van der Waals surface area contributed by atoms with E-state index < -0.39 is 18.3 Å². The van der Waals surface area contributed by atoms with Gasteiger partial charge in [0.25, 0.3) is 0 Å². The van der Waals surface area contributed by atoms with Crippen molar-refractivity contribution >= 4 is 23.7 Å². The maximum atomic E-state index is 12.2. The van der Waals surface area contributed by atoms with Crippen LogP contribution in [0.1, 0.15) is 0 Å². The lowest BCUT2D eigenvalue weighted by molar-refractivity contribution is 0.0717. The SMILES string of the molecule is COCC1CN(c2ccc(-c3ccc4c(c3)OCC3C(CO)OC(=O)N43)cn2)C(=O)O1. The molecular weight excluding hydrogens is 406 g/mol. The van der Waals surface area contributed by atoms with Gasteiger partial charge in [0.15, 0.2) is 6.10 Å². The average Bonchev–Trinajstić information content (AvgIpc) is 3.33. The Hall–Kier alpha value is -3.37.